The van der Waals surface area contributed by atoms with Crippen LogP contribution in [0.2, 0.25) is 0 Å². The number of likely N-dealkylation sites (N-methyl/N-ethyl adjacent to an activating group) is 1. The molecule has 6 heteroatoms. The lowest BCUT2D eigenvalue weighted by Gasteiger charge is -2.05. The van der Waals surface area contributed by atoms with Crippen LogP contribution in [-0.4, -0.2) is 35.6 Å². The summed E-state index contributed by atoms with van der Waals surface area (Å²) in [5.41, 5.74) is 1.14. The number of nitrogens with one attached hydrogen (secondary N) is 2. The van der Waals surface area contributed by atoms with Crippen molar-refractivity contribution in [3.05, 3.63) is 29.8 Å². The summed E-state index contributed by atoms with van der Waals surface area (Å²) >= 11 is 0. The second-order valence-electron chi connectivity index (χ2n) is 4.32. The van der Waals surface area contributed by atoms with Gasteiger partial charge >= 0.3 is 0 Å². The Labute approximate surface area is 110 Å². The van der Waals surface area contributed by atoms with Crippen LogP contribution in [0.5, 0.6) is 0 Å². The third-order valence-electron chi connectivity index (χ3n) is 2.96. The van der Waals surface area contributed by atoms with Gasteiger partial charge in [0, 0.05) is 20.0 Å². The summed E-state index contributed by atoms with van der Waals surface area (Å²) in [5, 5.41) is 5.54. The Morgan fingerprint density at radius 3 is 2.95 bits per heavy atom. The standard InChI is InChI=1S/C13H17FN4O/c1-15-8-12(19)16-7-6-11-17-13-9(14)4-3-5-10(13)18(11)2/h3-5,15H,6-8H2,1-2H3,(H,16,19). The second-order valence-corrected chi connectivity index (χ2v) is 4.32. The molecule has 1 heterocycles. The van der Waals surface area contributed by atoms with Crippen LogP contribution >= 0.6 is 0 Å². The van der Waals surface area contributed by atoms with Gasteiger partial charge in [0.05, 0.1) is 12.1 Å². The van der Waals surface area contributed by atoms with Gasteiger partial charge in [-0.2, -0.15) is 0 Å². The fourth-order valence-corrected chi connectivity index (χ4v) is 1.99. The zero-order valence-corrected chi connectivity index (χ0v) is 11.0. The summed E-state index contributed by atoms with van der Waals surface area (Å²) in [6.07, 6.45) is 0.570. The fraction of sp³-hybridized carbons (Fsp3) is 0.385. The summed E-state index contributed by atoms with van der Waals surface area (Å²) in [4.78, 5) is 15.6. The van der Waals surface area contributed by atoms with Crippen LogP contribution in [-0.2, 0) is 18.3 Å². The molecule has 0 bridgehead atoms. The Hall–Kier alpha value is -1.95. The van der Waals surface area contributed by atoms with Gasteiger partial charge in [-0.15, -0.1) is 0 Å². The minimum absolute atomic E-state index is 0.0626. The Morgan fingerprint density at radius 2 is 2.26 bits per heavy atom. The van der Waals surface area contributed by atoms with Crippen molar-refractivity contribution >= 4 is 16.9 Å². The topological polar surface area (TPSA) is 59.0 Å². The Morgan fingerprint density at radius 1 is 1.47 bits per heavy atom. The smallest absolute Gasteiger partial charge is 0.233 e. The molecule has 0 radical (unpaired) electrons. The molecule has 0 saturated heterocycles. The van der Waals surface area contributed by atoms with Crippen LogP contribution < -0.4 is 10.6 Å². The van der Waals surface area contributed by atoms with Gasteiger partial charge in [-0.1, -0.05) is 6.07 Å². The lowest BCUT2D eigenvalue weighted by atomic mass is 10.3. The number of hydrogen-bond donors (Lipinski definition) is 2. The first-order valence-electron chi connectivity index (χ1n) is 6.14. The molecule has 5 nitrogen and oxygen atoms in total. The van der Waals surface area contributed by atoms with E-state index in [1.54, 1.807) is 13.1 Å². The van der Waals surface area contributed by atoms with Gasteiger partial charge in [0.1, 0.15) is 11.3 Å². The van der Waals surface area contributed by atoms with Crippen LogP contribution in [0.15, 0.2) is 18.2 Å². The van der Waals surface area contributed by atoms with Crippen molar-refractivity contribution in [1.82, 2.24) is 20.2 Å². The number of nitrogens with zero attached hydrogens (tertiary/aromatic N) is 2. The SMILES string of the molecule is CNCC(=O)NCCc1nc2c(F)cccc2n1C. The Kier molecular flexibility index (Phi) is 4.11. The average molecular weight is 264 g/mol. The summed E-state index contributed by atoms with van der Waals surface area (Å²) in [6.45, 7) is 0.774. The highest BCUT2D eigenvalue weighted by Gasteiger charge is 2.10. The van der Waals surface area contributed by atoms with E-state index in [-0.39, 0.29) is 18.3 Å². The van der Waals surface area contributed by atoms with Gasteiger partial charge in [-0.05, 0) is 19.2 Å². The third kappa shape index (κ3) is 2.90. The number of carbonyl (C=O) groups is 1. The van der Waals surface area contributed by atoms with Gasteiger partial charge in [0.15, 0.2) is 5.82 Å². The van der Waals surface area contributed by atoms with Crippen LogP contribution in [0.25, 0.3) is 11.0 Å². The summed E-state index contributed by atoms with van der Waals surface area (Å²) in [7, 11) is 3.56. The molecule has 0 aliphatic carbocycles. The zero-order chi connectivity index (χ0) is 13.8. The molecule has 19 heavy (non-hydrogen) atoms. The molecule has 2 rings (SSSR count). The molecule has 0 aliphatic heterocycles. The second kappa shape index (κ2) is 5.79. The van der Waals surface area contributed by atoms with Crippen LogP contribution in [0.1, 0.15) is 5.82 Å². The van der Waals surface area contributed by atoms with Crippen molar-refractivity contribution in [3.8, 4) is 0 Å². The number of hydrogen-bond acceptors (Lipinski definition) is 3. The average Bonchev–Trinajstić information content (AvgIpc) is 2.69. The van der Waals surface area contributed by atoms with Crippen LogP contribution in [0.3, 0.4) is 0 Å². The molecule has 2 aromatic rings. The van der Waals surface area contributed by atoms with Gasteiger partial charge in [-0.25, -0.2) is 9.37 Å². The maximum Gasteiger partial charge on any atom is 0.233 e. The molecule has 1 aromatic heterocycles. The van der Waals surface area contributed by atoms with E-state index in [2.05, 4.69) is 15.6 Å². The number of amides is 1. The van der Waals surface area contributed by atoms with Crippen molar-refractivity contribution < 1.29 is 9.18 Å². The van der Waals surface area contributed by atoms with Crippen molar-refractivity contribution in [3.63, 3.8) is 0 Å². The van der Waals surface area contributed by atoms with E-state index in [1.807, 2.05) is 17.7 Å². The van der Waals surface area contributed by atoms with Gasteiger partial charge in [-0.3, -0.25) is 4.79 Å². The van der Waals surface area contributed by atoms with Gasteiger partial charge in [0.25, 0.3) is 0 Å². The molecule has 102 valence electrons. The number of benzene rings is 1. The number of para-hydroxylation sites is 1. The molecule has 1 amide bonds. The first kappa shape index (κ1) is 13.5. The molecule has 1 aromatic carbocycles. The number of carbonyl (C=O) groups excluding carboxylic acids is 1. The molecular weight excluding hydrogens is 247 g/mol. The lowest BCUT2D eigenvalue weighted by Crippen LogP contribution is -2.33. The predicted molar refractivity (Wildman–Crippen MR) is 71.3 cm³/mol. The van der Waals surface area contributed by atoms with Crippen molar-refractivity contribution in [2.24, 2.45) is 7.05 Å². The van der Waals surface area contributed by atoms with E-state index in [9.17, 15) is 9.18 Å². The van der Waals surface area contributed by atoms with Crippen molar-refractivity contribution in [2.75, 3.05) is 20.1 Å². The van der Waals surface area contributed by atoms with Crippen molar-refractivity contribution in [2.45, 2.75) is 6.42 Å². The third-order valence-corrected chi connectivity index (χ3v) is 2.96. The molecule has 0 aliphatic rings. The minimum atomic E-state index is -0.321. The predicted octanol–water partition coefficient (Wildman–Crippen LogP) is 0.590. The highest BCUT2D eigenvalue weighted by Crippen LogP contribution is 2.17. The van der Waals surface area contributed by atoms with E-state index in [1.165, 1.54) is 6.07 Å². The number of imidazole rings is 1. The van der Waals surface area contributed by atoms with Gasteiger partial charge in [0.2, 0.25) is 5.91 Å². The van der Waals surface area contributed by atoms with Gasteiger partial charge < -0.3 is 15.2 Å². The Bertz CT molecular complexity index is 594. The highest BCUT2D eigenvalue weighted by atomic mass is 19.1. The van der Waals surface area contributed by atoms with Crippen LogP contribution in [0.4, 0.5) is 4.39 Å². The summed E-state index contributed by atoms with van der Waals surface area (Å²) in [6, 6.07) is 4.89. The van der Waals surface area contributed by atoms with E-state index < -0.39 is 0 Å². The number of rotatable bonds is 5. The maximum atomic E-state index is 13.6. The lowest BCUT2D eigenvalue weighted by molar-refractivity contribution is -0.120. The molecule has 0 spiro atoms. The summed E-state index contributed by atoms with van der Waals surface area (Å²) in [5.74, 6) is 0.371. The van der Waals surface area contributed by atoms with E-state index >= 15 is 0 Å². The number of aromatic nitrogens is 2. The molecule has 0 unspecified atom stereocenters. The normalized spacial score (nSPS) is 10.9. The highest BCUT2D eigenvalue weighted by molar-refractivity contribution is 5.78. The fourth-order valence-electron chi connectivity index (χ4n) is 1.99. The number of fused-ring (bicyclic) bond motifs is 1. The van der Waals surface area contributed by atoms with E-state index in [0.717, 1.165) is 11.3 Å². The van der Waals surface area contributed by atoms with Crippen molar-refractivity contribution in [1.29, 1.82) is 0 Å². The molecule has 0 fully saturated rings. The monoisotopic (exact) mass is 264 g/mol. The molecular formula is C13H17FN4O. The molecule has 2 N–H and O–H groups in total. The number of halogens is 1. The largest absolute Gasteiger partial charge is 0.355 e. The van der Waals surface area contributed by atoms with E-state index in [4.69, 9.17) is 0 Å². The van der Waals surface area contributed by atoms with Crippen LogP contribution in [0, 0.1) is 5.82 Å². The Balaban J connectivity index is 2.07. The number of aryl methyl sites for hydroxylation is 1. The summed E-state index contributed by atoms with van der Waals surface area (Å²) < 4.78 is 15.4. The molecule has 0 saturated carbocycles. The first-order chi connectivity index (χ1) is 9.13. The van der Waals surface area contributed by atoms with E-state index in [0.29, 0.717) is 18.5 Å². The maximum absolute atomic E-state index is 13.6. The quantitative estimate of drug-likeness (QED) is 0.831. The zero-order valence-electron chi connectivity index (χ0n) is 11.0. The molecule has 0 atom stereocenters. The minimum Gasteiger partial charge on any atom is -0.355 e. The first-order valence-corrected chi connectivity index (χ1v) is 6.14.